The van der Waals surface area contributed by atoms with Gasteiger partial charge < -0.3 is 16.4 Å². The minimum absolute atomic E-state index is 0.0608. The van der Waals surface area contributed by atoms with Crippen molar-refractivity contribution in [2.75, 3.05) is 5.32 Å². The van der Waals surface area contributed by atoms with Gasteiger partial charge in [-0.25, -0.2) is 9.97 Å². The average molecular weight is 380 g/mol. The van der Waals surface area contributed by atoms with Crippen molar-refractivity contribution >= 4 is 23.2 Å². The number of anilines is 2. The van der Waals surface area contributed by atoms with E-state index >= 15 is 0 Å². The first-order valence-corrected chi connectivity index (χ1v) is 9.50. The van der Waals surface area contributed by atoms with Crippen LogP contribution in [-0.4, -0.2) is 16.0 Å². The largest absolute Gasteiger partial charge is 0.326 e. The molecule has 1 unspecified atom stereocenters. The maximum absolute atomic E-state index is 6.46. The van der Waals surface area contributed by atoms with Crippen molar-refractivity contribution in [2.24, 2.45) is 5.73 Å². The zero-order chi connectivity index (χ0) is 18.6. The zero-order valence-corrected chi connectivity index (χ0v) is 15.7. The minimum Gasteiger partial charge on any atom is -0.326 e. The molecule has 0 amide bonds. The van der Waals surface area contributed by atoms with E-state index in [2.05, 4.69) is 15.6 Å². The number of rotatable bonds is 7. The fraction of sp³-hybridized carbons (Fsp3) is 0.238. The van der Waals surface area contributed by atoms with Crippen LogP contribution in [0, 0.1) is 0 Å². The Labute approximate surface area is 164 Å². The van der Waals surface area contributed by atoms with E-state index in [9.17, 15) is 0 Å². The molecule has 1 atom stereocenters. The number of nitrogens with zero attached hydrogens (tertiary/aromatic N) is 2. The summed E-state index contributed by atoms with van der Waals surface area (Å²) in [6, 6.07) is 18.2. The van der Waals surface area contributed by atoms with Gasteiger partial charge >= 0.3 is 0 Å². The van der Waals surface area contributed by atoms with Crippen LogP contribution in [-0.2, 0) is 6.54 Å². The highest BCUT2D eigenvalue weighted by Crippen LogP contribution is 2.32. The van der Waals surface area contributed by atoms with E-state index in [-0.39, 0.29) is 6.04 Å². The van der Waals surface area contributed by atoms with Gasteiger partial charge in [-0.3, -0.25) is 0 Å². The van der Waals surface area contributed by atoms with Gasteiger partial charge in [-0.2, -0.15) is 0 Å². The second-order valence-corrected chi connectivity index (χ2v) is 7.13. The fourth-order valence-corrected chi connectivity index (χ4v) is 3.22. The molecule has 4 N–H and O–H groups in total. The Bertz CT molecular complexity index is 908. The number of halogens is 1. The summed E-state index contributed by atoms with van der Waals surface area (Å²) in [6.45, 7) is 0.526. The second kappa shape index (κ2) is 8.05. The number of hydrogen-bond acceptors (Lipinski definition) is 5. The lowest BCUT2D eigenvalue weighted by Crippen LogP contribution is -2.26. The highest BCUT2D eigenvalue weighted by molar-refractivity contribution is 6.31. The molecule has 0 bridgehead atoms. The van der Waals surface area contributed by atoms with Crippen LogP contribution in [0.15, 0.2) is 60.8 Å². The summed E-state index contributed by atoms with van der Waals surface area (Å²) in [6.07, 6.45) is 4.15. The van der Waals surface area contributed by atoms with Crippen molar-refractivity contribution in [1.82, 2.24) is 15.3 Å². The van der Waals surface area contributed by atoms with Gasteiger partial charge in [0, 0.05) is 29.5 Å². The van der Waals surface area contributed by atoms with E-state index in [4.69, 9.17) is 22.3 Å². The quantitative estimate of drug-likeness (QED) is 0.574. The van der Waals surface area contributed by atoms with Gasteiger partial charge in [0.15, 0.2) is 0 Å². The van der Waals surface area contributed by atoms with Crippen molar-refractivity contribution in [3.63, 3.8) is 0 Å². The summed E-state index contributed by atoms with van der Waals surface area (Å²) >= 11 is 6.46. The molecule has 0 radical (unpaired) electrons. The fourth-order valence-electron chi connectivity index (χ4n) is 2.98. The second-order valence-electron chi connectivity index (χ2n) is 6.73. The highest BCUT2D eigenvalue weighted by atomic mass is 35.5. The van der Waals surface area contributed by atoms with E-state index in [1.807, 2.05) is 54.6 Å². The van der Waals surface area contributed by atoms with Gasteiger partial charge in [-0.05, 0) is 48.2 Å². The van der Waals surface area contributed by atoms with Gasteiger partial charge in [0.25, 0.3) is 0 Å². The van der Waals surface area contributed by atoms with Crippen LogP contribution in [0.25, 0.3) is 0 Å². The molecule has 1 heterocycles. The summed E-state index contributed by atoms with van der Waals surface area (Å²) in [5.41, 5.74) is 9.59. The molecule has 1 saturated carbocycles. The van der Waals surface area contributed by atoms with Crippen LogP contribution >= 0.6 is 11.6 Å². The van der Waals surface area contributed by atoms with Crippen LogP contribution < -0.4 is 16.4 Å². The summed E-state index contributed by atoms with van der Waals surface area (Å²) in [4.78, 5) is 9.10. The van der Waals surface area contributed by atoms with E-state index in [1.54, 1.807) is 6.20 Å². The number of nitrogens with one attached hydrogen (secondary N) is 2. The van der Waals surface area contributed by atoms with Crippen LogP contribution in [0.5, 0.6) is 0 Å². The molecule has 1 fully saturated rings. The standard InChI is InChI=1S/C21H22ClN5/c22-18-4-2-1-3-17(18)20(25-15-9-10-15)19-11-12-24-21(27-19)26-16-7-5-14(13-23)6-8-16/h1-8,11-12,15,20,25H,9-10,13,23H2,(H,24,26,27). The molecule has 2 aromatic carbocycles. The molecule has 0 aliphatic heterocycles. The average Bonchev–Trinajstić information content (AvgIpc) is 3.52. The SMILES string of the molecule is NCc1ccc(Nc2nccc(C(NC3CC3)c3ccccc3Cl)n2)cc1. The molecule has 1 aliphatic rings. The molecule has 4 rings (SSSR count). The molecule has 3 aromatic rings. The molecule has 27 heavy (non-hydrogen) atoms. The molecule has 138 valence electrons. The van der Waals surface area contributed by atoms with E-state index in [0.717, 1.165) is 27.5 Å². The molecule has 1 aliphatic carbocycles. The first kappa shape index (κ1) is 17.9. The maximum Gasteiger partial charge on any atom is 0.227 e. The first-order chi connectivity index (χ1) is 13.2. The topological polar surface area (TPSA) is 75.9 Å². The van der Waals surface area contributed by atoms with E-state index in [0.29, 0.717) is 18.5 Å². The Hall–Kier alpha value is -2.47. The summed E-state index contributed by atoms with van der Waals surface area (Å²) in [5.74, 6) is 0.558. The Balaban J connectivity index is 1.61. The van der Waals surface area contributed by atoms with Gasteiger partial charge in [-0.1, -0.05) is 41.9 Å². The predicted octanol–water partition coefficient (Wildman–Crippen LogP) is 4.17. The molecule has 6 heteroatoms. The lowest BCUT2D eigenvalue weighted by atomic mass is 10.0. The van der Waals surface area contributed by atoms with Crippen molar-refractivity contribution in [3.05, 3.63) is 82.6 Å². The number of nitrogens with two attached hydrogens (primary N) is 1. The molecule has 5 nitrogen and oxygen atoms in total. The summed E-state index contributed by atoms with van der Waals surface area (Å²) in [5, 5.41) is 7.65. The number of hydrogen-bond donors (Lipinski definition) is 3. The Kier molecular flexibility index (Phi) is 5.34. The normalized spacial score (nSPS) is 14.7. The Morgan fingerprint density at radius 3 is 2.56 bits per heavy atom. The lowest BCUT2D eigenvalue weighted by molar-refractivity contribution is 0.587. The van der Waals surface area contributed by atoms with Crippen molar-refractivity contribution in [3.8, 4) is 0 Å². The summed E-state index contributed by atoms with van der Waals surface area (Å²) in [7, 11) is 0. The zero-order valence-electron chi connectivity index (χ0n) is 14.9. The van der Waals surface area contributed by atoms with Crippen LogP contribution in [0.1, 0.15) is 35.7 Å². The lowest BCUT2D eigenvalue weighted by Gasteiger charge is -2.20. The van der Waals surface area contributed by atoms with Crippen molar-refractivity contribution < 1.29 is 0 Å². The van der Waals surface area contributed by atoms with Crippen molar-refractivity contribution in [2.45, 2.75) is 31.5 Å². The Morgan fingerprint density at radius 2 is 1.85 bits per heavy atom. The van der Waals surface area contributed by atoms with Gasteiger partial charge in [0.1, 0.15) is 0 Å². The van der Waals surface area contributed by atoms with Gasteiger partial charge in [0.05, 0.1) is 11.7 Å². The Morgan fingerprint density at radius 1 is 1.07 bits per heavy atom. The van der Waals surface area contributed by atoms with E-state index in [1.165, 1.54) is 12.8 Å². The maximum atomic E-state index is 6.46. The van der Waals surface area contributed by atoms with Gasteiger partial charge in [-0.15, -0.1) is 0 Å². The molecular formula is C21H22ClN5. The molecule has 1 aromatic heterocycles. The minimum atomic E-state index is -0.0608. The van der Waals surface area contributed by atoms with Crippen LogP contribution in [0.4, 0.5) is 11.6 Å². The highest BCUT2D eigenvalue weighted by Gasteiger charge is 2.28. The summed E-state index contributed by atoms with van der Waals surface area (Å²) < 4.78 is 0. The third-order valence-corrected chi connectivity index (χ3v) is 4.96. The van der Waals surface area contributed by atoms with Gasteiger partial charge in [0.2, 0.25) is 5.95 Å². The smallest absolute Gasteiger partial charge is 0.227 e. The number of aromatic nitrogens is 2. The first-order valence-electron chi connectivity index (χ1n) is 9.12. The predicted molar refractivity (Wildman–Crippen MR) is 109 cm³/mol. The van der Waals surface area contributed by atoms with Crippen LogP contribution in [0.2, 0.25) is 5.02 Å². The number of benzene rings is 2. The monoisotopic (exact) mass is 379 g/mol. The third kappa shape index (κ3) is 4.45. The molecule has 0 spiro atoms. The van der Waals surface area contributed by atoms with Crippen molar-refractivity contribution in [1.29, 1.82) is 0 Å². The molecular weight excluding hydrogens is 358 g/mol. The third-order valence-electron chi connectivity index (χ3n) is 4.61. The van der Waals surface area contributed by atoms with E-state index < -0.39 is 0 Å². The van der Waals surface area contributed by atoms with Crippen LogP contribution in [0.3, 0.4) is 0 Å². The molecule has 0 saturated heterocycles.